The number of alkyl halides is 3. The summed E-state index contributed by atoms with van der Waals surface area (Å²) in [6, 6.07) is 2.93. The summed E-state index contributed by atoms with van der Waals surface area (Å²) in [5.74, 6) is -1.29. The van der Waals surface area contributed by atoms with Crippen molar-refractivity contribution in [2.24, 2.45) is 0 Å². The van der Waals surface area contributed by atoms with Gasteiger partial charge >= 0.3 is 6.18 Å². The van der Waals surface area contributed by atoms with Crippen LogP contribution in [0.5, 0.6) is 0 Å². The lowest BCUT2D eigenvalue weighted by Crippen LogP contribution is -2.07. The molecule has 2 aromatic rings. The van der Waals surface area contributed by atoms with E-state index in [9.17, 15) is 17.6 Å². The Kier molecular flexibility index (Phi) is 1.77. The summed E-state index contributed by atoms with van der Waals surface area (Å²) in [6.45, 7) is 0. The zero-order valence-corrected chi connectivity index (χ0v) is 6.73. The minimum absolute atomic E-state index is 0.107. The van der Waals surface area contributed by atoms with Gasteiger partial charge in [-0.05, 0) is 18.2 Å². The van der Waals surface area contributed by atoms with Crippen molar-refractivity contribution in [3.05, 3.63) is 35.8 Å². The fourth-order valence-corrected chi connectivity index (χ4v) is 1.23. The maximum atomic E-state index is 13.2. The van der Waals surface area contributed by atoms with Crippen molar-refractivity contribution in [2.75, 3.05) is 0 Å². The number of furan rings is 1. The molecule has 0 spiro atoms. The molecule has 0 saturated carbocycles. The Bertz CT molecular complexity index is 469. The van der Waals surface area contributed by atoms with Crippen LogP contribution < -0.4 is 0 Å². The van der Waals surface area contributed by atoms with Gasteiger partial charge in [0.2, 0.25) is 0 Å². The molecule has 0 radical (unpaired) electrons. The molecule has 0 amide bonds. The molecule has 1 nitrogen and oxygen atoms in total. The third-order valence-corrected chi connectivity index (χ3v) is 1.87. The van der Waals surface area contributed by atoms with E-state index in [-0.39, 0.29) is 11.0 Å². The Hall–Kier alpha value is -1.52. The maximum Gasteiger partial charge on any atom is 0.419 e. The highest BCUT2D eigenvalue weighted by Gasteiger charge is 2.34. The first-order valence-electron chi connectivity index (χ1n) is 3.73. The lowest BCUT2D eigenvalue weighted by Gasteiger charge is -2.07. The number of halogens is 4. The molecule has 5 heteroatoms. The summed E-state index contributed by atoms with van der Waals surface area (Å²) < 4.78 is 54.6. The van der Waals surface area contributed by atoms with E-state index in [1.165, 1.54) is 6.07 Å². The van der Waals surface area contributed by atoms with E-state index in [4.69, 9.17) is 4.42 Å². The molecular formula is C9H4F4O. The standard InChI is InChI=1S/C9H4F4O/c10-8-5-3-4-14-7(5)2-1-6(8)9(11,12)13/h1-4H. The van der Waals surface area contributed by atoms with Crippen molar-refractivity contribution in [2.45, 2.75) is 6.18 Å². The monoisotopic (exact) mass is 204 g/mol. The molecule has 0 aliphatic heterocycles. The molecule has 1 aromatic heterocycles. The van der Waals surface area contributed by atoms with Gasteiger partial charge in [-0.2, -0.15) is 13.2 Å². The molecule has 0 bridgehead atoms. The van der Waals surface area contributed by atoms with Crippen LogP contribution in [0.15, 0.2) is 28.9 Å². The third-order valence-electron chi connectivity index (χ3n) is 1.87. The summed E-state index contributed by atoms with van der Waals surface area (Å²) in [5.41, 5.74) is -1.16. The highest BCUT2D eigenvalue weighted by atomic mass is 19.4. The quantitative estimate of drug-likeness (QED) is 0.597. The summed E-state index contributed by atoms with van der Waals surface area (Å²) >= 11 is 0. The average molecular weight is 204 g/mol. The molecule has 2 rings (SSSR count). The average Bonchev–Trinajstić information content (AvgIpc) is 2.50. The van der Waals surface area contributed by atoms with Crippen molar-refractivity contribution in [1.29, 1.82) is 0 Å². The van der Waals surface area contributed by atoms with Crippen LogP contribution in [0.1, 0.15) is 5.56 Å². The highest BCUT2D eigenvalue weighted by Crippen LogP contribution is 2.34. The lowest BCUT2D eigenvalue weighted by molar-refractivity contribution is -0.139. The van der Waals surface area contributed by atoms with Gasteiger partial charge in [0.1, 0.15) is 11.4 Å². The first kappa shape index (κ1) is 9.05. The fraction of sp³-hybridized carbons (Fsp3) is 0.111. The smallest absolute Gasteiger partial charge is 0.419 e. The first-order chi connectivity index (χ1) is 6.50. The largest absolute Gasteiger partial charge is 0.464 e. The normalized spacial score (nSPS) is 12.3. The van der Waals surface area contributed by atoms with Gasteiger partial charge < -0.3 is 4.42 Å². The second-order valence-corrected chi connectivity index (χ2v) is 2.76. The summed E-state index contributed by atoms with van der Waals surface area (Å²) in [5, 5.41) is -0.153. The van der Waals surface area contributed by atoms with Crippen LogP contribution in [0.3, 0.4) is 0 Å². The van der Waals surface area contributed by atoms with Crippen molar-refractivity contribution in [1.82, 2.24) is 0 Å². The van der Waals surface area contributed by atoms with E-state index in [2.05, 4.69) is 0 Å². The number of hydrogen-bond donors (Lipinski definition) is 0. The summed E-state index contributed by atoms with van der Waals surface area (Å²) in [6.07, 6.45) is -3.52. The molecule has 1 aromatic carbocycles. The van der Waals surface area contributed by atoms with Gasteiger partial charge in [0.15, 0.2) is 0 Å². The van der Waals surface area contributed by atoms with Crippen molar-refractivity contribution >= 4 is 11.0 Å². The van der Waals surface area contributed by atoms with E-state index in [0.717, 1.165) is 12.3 Å². The first-order valence-corrected chi connectivity index (χ1v) is 3.73. The lowest BCUT2D eigenvalue weighted by atomic mass is 10.1. The van der Waals surface area contributed by atoms with Crippen LogP contribution in [-0.2, 0) is 6.18 Å². The Balaban J connectivity index is 2.74. The number of benzene rings is 1. The molecule has 0 saturated heterocycles. The van der Waals surface area contributed by atoms with E-state index in [1.54, 1.807) is 0 Å². The van der Waals surface area contributed by atoms with E-state index >= 15 is 0 Å². The zero-order valence-electron chi connectivity index (χ0n) is 6.73. The van der Waals surface area contributed by atoms with Gasteiger partial charge in [-0.3, -0.25) is 0 Å². The van der Waals surface area contributed by atoms with E-state index < -0.39 is 17.6 Å². The molecule has 1 heterocycles. The van der Waals surface area contributed by atoms with Crippen molar-refractivity contribution in [3.63, 3.8) is 0 Å². The van der Waals surface area contributed by atoms with Crippen molar-refractivity contribution < 1.29 is 22.0 Å². The summed E-state index contributed by atoms with van der Waals surface area (Å²) in [4.78, 5) is 0. The zero-order chi connectivity index (χ0) is 10.3. The van der Waals surface area contributed by atoms with Gasteiger partial charge in [0.05, 0.1) is 17.2 Å². The third kappa shape index (κ3) is 1.25. The molecule has 14 heavy (non-hydrogen) atoms. The minimum atomic E-state index is -4.67. The van der Waals surface area contributed by atoms with E-state index in [0.29, 0.717) is 6.07 Å². The Morgan fingerprint density at radius 2 is 1.79 bits per heavy atom. The topological polar surface area (TPSA) is 13.1 Å². The molecular weight excluding hydrogens is 200 g/mol. The van der Waals surface area contributed by atoms with Gasteiger partial charge in [-0.15, -0.1) is 0 Å². The maximum absolute atomic E-state index is 13.2. The number of hydrogen-bond acceptors (Lipinski definition) is 1. The van der Waals surface area contributed by atoms with Crippen LogP contribution in [0.25, 0.3) is 11.0 Å². The SMILES string of the molecule is Fc1c(C(F)(F)F)ccc2occc12. The molecule has 0 atom stereocenters. The Labute approximate surface area is 75.9 Å². The van der Waals surface area contributed by atoms with Crippen LogP contribution >= 0.6 is 0 Å². The van der Waals surface area contributed by atoms with Crippen LogP contribution in [0.2, 0.25) is 0 Å². The van der Waals surface area contributed by atoms with Gasteiger partial charge in [0.25, 0.3) is 0 Å². The predicted molar refractivity (Wildman–Crippen MR) is 41.2 cm³/mol. The molecule has 0 fully saturated rings. The van der Waals surface area contributed by atoms with Crippen LogP contribution in [0, 0.1) is 5.82 Å². The second kappa shape index (κ2) is 2.73. The molecule has 0 N–H and O–H groups in total. The Morgan fingerprint density at radius 3 is 2.43 bits per heavy atom. The highest BCUT2D eigenvalue weighted by molar-refractivity contribution is 5.78. The van der Waals surface area contributed by atoms with Crippen LogP contribution in [-0.4, -0.2) is 0 Å². The molecule has 0 aliphatic rings. The Morgan fingerprint density at radius 1 is 1.07 bits per heavy atom. The minimum Gasteiger partial charge on any atom is -0.464 e. The van der Waals surface area contributed by atoms with E-state index in [1.807, 2.05) is 0 Å². The fourth-order valence-electron chi connectivity index (χ4n) is 1.23. The van der Waals surface area contributed by atoms with Crippen molar-refractivity contribution in [3.8, 4) is 0 Å². The molecule has 74 valence electrons. The van der Waals surface area contributed by atoms with Gasteiger partial charge in [-0.1, -0.05) is 0 Å². The van der Waals surface area contributed by atoms with Crippen LogP contribution in [0.4, 0.5) is 17.6 Å². The number of rotatable bonds is 0. The van der Waals surface area contributed by atoms with Gasteiger partial charge in [0, 0.05) is 0 Å². The molecule has 0 unspecified atom stereocenters. The van der Waals surface area contributed by atoms with Gasteiger partial charge in [-0.25, -0.2) is 4.39 Å². The number of fused-ring (bicyclic) bond motifs is 1. The predicted octanol–water partition coefficient (Wildman–Crippen LogP) is 3.59. The molecule has 0 aliphatic carbocycles. The summed E-state index contributed by atoms with van der Waals surface area (Å²) in [7, 11) is 0. The second-order valence-electron chi connectivity index (χ2n) is 2.76.